The van der Waals surface area contributed by atoms with Crippen LogP contribution in [0.3, 0.4) is 0 Å². The third-order valence-electron chi connectivity index (χ3n) is 4.10. The fourth-order valence-electron chi connectivity index (χ4n) is 2.86. The number of nitrogen functional groups attached to an aromatic ring is 1. The first kappa shape index (κ1) is 16.6. The van der Waals surface area contributed by atoms with Gasteiger partial charge in [0.2, 0.25) is 0 Å². The van der Waals surface area contributed by atoms with Crippen molar-refractivity contribution in [3.8, 4) is 11.5 Å². The van der Waals surface area contributed by atoms with Crippen LogP contribution in [0, 0.1) is 5.82 Å². The molecule has 0 saturated heterocycles. The molecule has 2 aromatic carbocycles. The third kappa shape index (κ3) is 3.04. The van der Waals surface area contributed by atoms with E-state index in [2.05, 4.69) is 11.0 Å². The highest BCUT2D eigenvalue weighted by atomic mass is 32.2. The summed E-state index contributed by atoms with van der Waals surface area (Å²) < 4.78 is 25.2. The molecule has 0 fully saturated rings. The molecule has 2 aliphatic rings. The number of anilines is 2. The van der Waals surface area contributed by atoms with Gasteiger partial charge in [-0.25, -0.2) is 4.39 Å². The minimum absolute atomic E-state index is 0.160. The smallest absolute Gasteiger partial charge is 0.167 e. The highest BCUT2D eigenvalue weighted by Gasteiger charge is 2.27. The summed E-state index contributed by atoms with van der Waals surface area (Å²) in [5.74, 6) is 1.94. The van der Waals surface area contributed by atoms with Gasteiger partial charge in [0, 0.05) is 35.5 Å². The Morgan fingerprint density at radius 2 is 2.08 bits per heavy atom. The second-order valence-corrected chi connectivity index (χ2v) is 6.80. The summed E-state index contributed by atoms with van der Waals surface area (Å²) in [5.41, 5.74) is 7.98. The normalized spacial score (nSPS) is 15.8. The maximum atomic E-state index is 14.1. The van der Waals surface area contributed by atoms with E-state index in [4.69, 9.17) is 15.2 Å². The number of allylic oxidation sites excluding steroid dienone is 1. The number of methoxy groups -OCH3 is 1. The predicted molar refractivity (Wildman–Crippen MR) is 104 cm³/mol. The highest BCUT2D eigenvalue weighted by Crippen LogP contribution is 2.42. The largest absolute Gasteiger partial charge is 0.497 e. The van der Waals surface area contributed by atoms with Crippen LogP contribution in [0.1, 0.15) is 0 Å². The first-order chi connectivity index (χ1) is 12.7. The lowest BCUT2D eigenvalue weighted by Crippen LogP contribution is -2.20. The number of fused-ring (bicyclic) bond motifs is 1. The fraction of sp³-hybridized carbons (Fsp3) is 0.100. The molecule has 6 heteroatoms. The summed E-state index contributed by atoms with van der Waals surface area (Å²) in [5, 5.41) is 0. The van der Waals surface area contributed by atoms with Crippen LogP contribution in [0.15, 0.2) is 77.2 Å². The van der Waals surface area contributed by atoms with E-state index < -0.39 is 5.82 Å². The number of hydrogen-bond acceptors (Lipinski definition) is 5. The standard InChI is InChI=1S/C20H17FN2O2S/c1-24-15-4-2-3-14(12-15)23-9-7-19(20-17(23)8-10-26-20)25-18-6-5-13(22)11-16(18)21/h2-9,11-12H,10,22H2,1H3. The van der Waals surface area contributed by atoms with Gasteiger partial charge < -0.3 is 20.1 Å². The molecule has 2 N–H and O–H groups in total. The minimum atomic E-state index is -0.477. The molecule has 4 rings (SSSR count). The molecule has 0 aliphatic carbocycles. The first-order valence-electron chi connectivity index (χ1n) is 8.07. The van der Waals surface area contributed by atoms with Gasteiger partial charge in [0.25, 0.3) is 0 Å². The maximum absolute atomic E-state index is 14.1. The lowest BCUT2D eigenvalue weighted by molar-refractivity contribution is 0.409. The molecular formula is C20H17FN2O2S. The van der Waals surface area contributed by atoms with Crippen molar-refractivity contribution in [2.75, 3.05) is 23.5 Å². The van der Waals surface area contributed by atoms with Crippen molar-refractivity contribution in [1.29, 1.82) is 0 Å². The summed E-state index contributed by atoms with van der Waals surface area (Å²) in [6.45, 7) is 0. The Bertz CT molecular complexity index is 953. The van der Waals surface area contributed by atoms with E-state index in [0.29, 0.717) is 11.4 Å². The molecule has 0 saturated carbocycles. The zero-order chi connectivity index (χ0) is 18.1. The molecule has 2 aliphatic heterocycles. The topological polar surface area (TPSA) is 47.7 Å². The van der Waals surface area contributed by atoms with E-state index in [0.717, 1.165) is 27.8 Å². The zero-order valence-electron chi connectivity index (χ0n) is 14.1. The van der Waals surface area contributed by atoms with E-state index in [-0.39, 0.29) is 5.75 Å². The van der Waals surface area contributed by atoms with Crippen LogP contribution in [0.4, 0.5) is 15.8 Å². The number of halogens is 1. The Morgan fingerprint density at radius 1 is 1.19 bits per heavy atom. The monoisotopic (exact) mass is 368 g/mol. The van der Waals surface area contributed by atoms with Crippen molar-refractivity contribution in [1.82, 2.24) is 0 Å². The zero-order valence-corrected chi connectivity index (χ0v) is 14.9. The molecule has 0 atom stereocenters. The Morgan fingerprint density at radius 3 is 2.88 bits per heavy atom. The number of benzene rings is 2. The van der Waals surface area contributed by atoms with Crippen molar-refractivity contribution in [3.05, 3.63) is 83.0 Å². The Hall–Kier alpha value is -2.86. The number of ether oxygens (including phenoxy) is 2. The predicted octanol–water partition coefficient (Wildman–Crippen LogP) is 4.67. The molecule has 0 radical (unpaired) electrons. The van der Waals surface area contributed by atoms with Crippen molar-refractivity contribution in [3.63, 3.8) is 0 Å². The SMILES string of the molecule is COc1cccc(N2C=CC(Oc3ccc(N)cc3F)=C3SCC=C32)c1. The molecule has 0 spiro atoms. The van der Waals surface area contributed by atoms with Gasteiger partial charge in [-0.15, -0.1) is 11.8 Å². The molecule has 2 aromatic rings. The molecular weight excluding hydrogens is 351 g/mol. The van der Waals surface area contributed by atoms with Gasteiger partial charge in [0.1, 0.15) is 11.5 Å². The molecule has 0 amide bonds. The lowest BCUT2D eigenvalue weighted by Gasteiger charge is -2.27. The van der Waals surface area contributed by atoms with Gasteiger partial charge in [-0.1, -0.05) is 6.07 Å². The van der Waals surface area contributed by atoms with Crippen LogP contribution in [0.25, 0.3) is 0 Å². The maximum Gasteiger partial charge on any atom is 0.167 e. The first-order valence-corrected chi connectivity index (χ1v) is 9.06. The van der Waals surface area contributed by atoms with Gasteiger partial charge >= 0.3 is 0 Å². The van der Waals surface area contributed by atoms with Crippen molar-refractivity contribution >= 4 is 23.1 Å². The van der Waals surface area contributed by atoms with Gasteiger partial charge in [-0.3, -0.25) is 0 Å². The molecule has 0 bridgehead atoms. The number of rotatable bonds is 4. The van der Waals surface area contributed by atoms with Crippen LogP contribution in [-0.2, 0) is 0 Å². The number of nitrogens with zero attached hydrogens (tertiary/aromatic N) is 1. The summed E-state index contributed by atoms with van der Waals surface area (Å²) in [6, 6.07) is 12.3. The van der Waals surface area contributed by atoms with Gasteiger partial charge in [-0.05, 0) is 36.4 Å². The number of nitrogens with two attached hydrogens (primary N) is 1. The Labute approximate surface area is 155 Å². The van der Waals surface area contributed by atoms with Gasteiger partial charge in [0.05, 0.1) is 17.7 Å². The second kappa shape index (κ2) is 6.80. The van der Waals surface area contributed by atoms with E-state index in [1.165, 1.54) is 6.07 Å². The lowest BCUT2D eigenvalue weighted by atomic mass is 10.2. The van der Waals surface area contributed by atoms with E-state index in [1.807, 2.05) is 36.5 Å². The van der Waals surface area contributed by atoms with E-state index in [1.54, 1.807) is 31.0 Å². The van der Waals surface area contributed by atoms with Crippen LogP contribution >= 0.6 is 11.8 Å². The van der Waals surface area contributed by atoms with Crippen LogP contribution in [0.2, 0.25) is 0 Å². The average Bonchev–Trinajstić information content (AvgIpc) is 3.14. The van der Waals surface area contributed by atoms with Crippen LogP contribution in [0.5, 0.6) is 11.5 Å². The summed E-state index contributed by atoms with van der Waals surface area (Å²) in [6.07, 6.45) is 5.90. The molecule has 2 heterocycles. The highest BCUT2D eigenvalue weighted by molar-refractivity contribution is 8.03. The van der Waals surface area contributed by atoms with Crippen molar-refractivity contribution in [2.24, 2.45) is 0 Å². The Balaban J connectivity index is 1.65. The van der Waals surface area contributed by atoms with Crippen LogP contribution in [-0.4, -0.2) is 12.9 Å². The Kier molecular flexibility index (Phi) is 4.34. The third-order valence-corrected chi connectivity index (χ3v) is 5.13. The quantitative estimate of drug-likeness (QED) is 0.795. The van der Waals surface area contributed by atoms with Gasteiger partial charge in [0.15, 0.2) is 11.6 Å². The molecule has 132 valence electrons. The molecule has 0 aromatic heterocycles. The number of hydrogen-bond donors (Lipinski definition) is 1. The van der Waals surface area contributed by atoms with Crippen molar-refractivity contribution < 1.29 is 13.9 Å². The summed E-state index contributed by atoms with van der Waals surface area (Å²) in [7, 11) is 1.65. The summed E-state index contributed by atoms with van der Waals surface area (Å²) >= 11 is 1.66. The number of thioether (sulfide) groups is 1. The van der Waals surface area contributed by atoms with E-state index >= 15 is 0 Å². The van der Waals surface area contributed by atoms with Crippen molar-refractivity contribution in [2.45, 2.75) is 0 Å². The average molecular weight is 368 g/mol. The van der Waals surface area contributed by atoms with E-state index in [9.17, 15) is 4.39 Å². The molecule has 0 unspecified atom stereocenters. The van der Waals surface area contributed by atoms with Crippen LogP contribution < -0.4 is 20.1 Å². The second-order valence-electron chi connectivity index (χ2n) is 5.77. The molecule has 4 nitrogen and oxygen atoms in total. The fourth-order valence-corrected chi connectivity index (χ4v) is 3.85. The summed E-state index contributed by atoms with van der Waals surface area (Å²) in [4.78, 5) is 3.05. The molecule has 26 heavy (non-hydrogen) atoms. The van der Waals surface area contributed by atoms with Gasteiger partial charge in [-0.2, -0.15) is 0 Å². The minimum Gasteiger partial charge on any atom is -0.497 e.